The van der Waals surface area contributed by atoms with E-state index in [-0.39, 0.29) is 10.6 Å². The number of benzene rings is 2. The minimum Gasteiger partial charge on any atom is -0.279 e. The van der Waals surface area contributed by atoms with E-state index in [1.807, 2.05) is 0 Å². The number of nitrogens with zero attached hydrogens (tertiary/aromatic N) is 5. The fraction of sp³-hybridized carbons (Fsp3) is 0.133. The summed E-state index contributed by atoms with van der Waals surface area (Å²) < 4.78 is 29.4. The number of hydrogen-bond acceptors (Lipinski definition) is 7. The van der Waals surface area contributed by atoms with Gasteiger partial charge in [-0.2, -0.15) is 0 Å². The molecular formula is C15H14N6O4S. The number of nitro groups is 1. The van der Waals surface area contributed by atoms with Crippen LogP contribution in [0.25, 0.3) is 5.69 Å². The van der Waals surface area contributed by atoms with Gasteiger partial charge in [0.1, 0.15) is 6.33 Å². The molecule has 0 spiro atoms. The molecule has 0 aliphatic rings. The van der Waals surface area contributed by atoms with E-state index in [0.29, 0.717) is 22.5 Å². The van der Waals surface area contributed by atoms with Gasteiger partial charge >= 0.3 is 0 Å². The van der Waals surface area contributed by atoms with Crippen molar-refractivity contribution in [1.82, 2.24) is 20.2 Å². The molecule has 0 saturated heterocycles. The van der Waals surface area contributed by atoms with Gasteiger partial charge in [-0.25, -0.2) is 13.1 Å². The maximum atomic E-state index is 12.8. The summed E-state index contributed by atoms with van der Waals surface area (Å²) in [5, 5.41) is 21.9. The number of nitrogens with one attached hydrogen (secondary N) is 1. The van der Waals surface area contributed by atoms with E-state index in [1.54, 1.807) is 32.0 Å². The second-order valence-corrected chi connectivity index (χ2v) is 7.17. The van der Waals surface area contributed by atoms with E-state index in [2.05, 4.69) is 20.2 Å². The van der Waals surface area contributed by atoms with Crippen molar-refractivity contribution in [2.24, 2.45) is 0 Å². The summed E-state index contributed by atoms with van der Waals surface area (Å²) in [4.78, 5) is 10.2. The second-order valence-electron chi connectivity index (χ2n) is 5.52. The van der Waals surface area contributed by atoms with E-state index in [0.717, 1.165) is 6.07 Å². The highest BCUT2D eigenvalue weighted by molar-refractivity contribution is 7.92. The average Bonchev–Trinajstić information content (AvgIpc) is 3.11. The molecule has 26 heavy (non-hydrogen) atoms. The van der Waals surface area contributed by atoms with E-state index in [9.17, 15) is 18.5 Å². The van der Waals surface area contributed by atoms with Crippen molar-refractivity contribution in [2.45, 2.75) is 18.7 Å². The van der Waals surface area contributed by atoms with Crippen LogP contribution in [0, 0.1) is 24.0 Å². The van der Waals surface area contributed by atoms with Crippen LogP contribution in [0.5, 0.6) is 0 Å². The third kappa shape index (κ3) is 3.24. The van der Waals surface area contributed by atoms with Crippen LogP contribution in [0.2, 0.25) is 0 Å². The van der Waals surface area contributed by atoms with Crippen molar-refractivity contribution >= 4 is 21.4 Å². The van der Waals surface area contributed by atoms with Crippen molar-refractivity contribution in [3.8, 4) is 5.69 Å². The van der Waals surface area contributed by atoms with Crippen LogP contribution in [0.15, 0.2) is 47.6 Å². The molecule has 0 aliphatic heterocycles. The predicted molar refractivity (Wildman–Crippen MR) is 92.5 cm³/mol. The Hall–Kier alpha value is -3.34. The van der Waals surface area contributed by atoms with Crippen LogP contribution in [0.4, 0.5) is 11.4 Å². The Labute approximate surface area is 148 Å². The molecule has 11 heteroatoms. The fourth-order valence-corrected chi connectivity index (χ4v) is 3.83. The third-order valence-corrected chi connectivity index (χ3v) is 5.32. The summed E-state index contributed by atoms with van der Waals surface area (Å²) in [6.45, 7) is 3.29. The topological polar surface area (TPSA) is 133 Å². The molecule has 10 nitrogen and oxygen atoms in total. The lowest BCUT2D eigenvalue weighted by molar-refractivity contribution is -0.385. The molecule has 2 aromatic carbocycles. The number of anilines is 1. The van der Waals surface area contributed by atoms with Crippen LogP contribution >= 0.6 is 0 Å². The predicted octanol–water partition coefficient (Wildman–Crippen LogP) is 1.99. The van der Waals surface area contributed by atoms with Gasteiger partial charge in [-0.15, -0.1) is 5.10 Å². The van der Waals surface area contributed by atoms with Crippen LogP contribution in [-0.2, 0) is 10.0 Å². The number of tetrazole rings is 1. The van der Waals surface area contributed by atoms with E-state index in [1.165, 1.54) is 23.1 Å². The molecule has 1 aromatic heterocycles. The Bertz CT molecular complexity index is 1080. The second kappa shape index (κ2) is 6.52. The summed E-state index contributed by atoms with van der Waals surface area (Å²) in [7, 11) is -4.02. The van der Waals surface area contributed by atoms with Gasteiger partial charge in [0.15, 0.2) is 0 Å². The standard InChI is InChI=1S/C15H14N6O4S/c1-10-6-7-12(21(22)23)8-15(10)26(24,25)17-13-4-3-5-14(11(13)2)20-9-16-18-19-20/h3-9,17H,1-2H3. The smallest absolute Gasteiger partial charge is 0.270 e. The van der Waals surface area contributed by atoms with Gasteiger partial charge in [0, 0.05) is 12.1 Å². The van der Waals surface area contributed by atoms with E-state index < -0.39 is 14.9 Å². The Morgan fingerprint density at radius 1 is 1.19 bits per heavy atom. The number of aromatic nitrogens is 4. The zero-order valence-corrected chi connectivity index (χ0v) is 14.6. The van der Waals surface area contributed by atoms with E-state index in [4.69, 9.17) is 0 Å². The largest absolute Gasteiger partial charge is 0.279 e. The molecule has 0 radical (unpaired) electrons. The lowest BCUT2D eigenvalue weighted by atomic mass is 10.1. The molecule has 0 aliphatic carbocycles. The van der Waals surface area contributed by atoms with Crippen molar-refractivity contribution in [2.75, 3.05) is 4.72 Å². The molecule has 3 aromatic rings. The van der Waals surface area contributed by atoms with Crippen molar-refractivity contribution in [1.29, 1.82) is 0 Å². The van der Waals surface area contributed by atoms with Gasteiger partial charge in [-0.3, -0.25) is 14.8 Å². The SMILES string of the molecule is Cc1ccc([N+](=O)[O-])cc1S(=O)(=O)Nc1cccc(-n2cnnn2)c1C. The zero-order chi connectivity index (χ0) is 18.9. The molecule has 134 valence electrons. The molecule has 3 rings (SSSR count). The first-order valence-corrected chi connectivity index (χ1v) is 8.89. The highest BCUT2D eigenvalue weighted by Crippen LogP contribution is 2.27. The van der Waals surface area contributed by atoms with Gasteiger partial charge in [-0.05, 0) is 47.5 Å². The lowest BCUT2D eigenvalue weighted by Crippen LogP contribution is -2.16. The minimum absolute atomic E-state index is 0.154. The molecule has 0 atom stereocenters. The molecule has 0 fully saturated rings. The van der Waals surface area contributed by atoms with Gasteiger partial charge in [0.2, 0.25) is 0 Å². The summed E-state index contributed by atoms with van der Waals surface area (Å²) in [6.07, 6.45) is 1.39. The molecule has 0 amide bonds. The highest BCUT2D eigenvalue weighted by atomic mass is 32.2. The van der Waals surface area contributed by atoms with Crippen molar-refractivity contribution in [3.63, 3.8) is 0 Å². The first kappa shape index (κ1) is 17.5. The summed E-state index contributed by atoms with van der Waals surface area (Å²) in [5.74, 6) is 0. The Morgan fingerprint density at radius 3 is 2.62 bits per heavy atom. The van der Waals surface area contributed by atoms with Crippen LogP contribution in [-0.4, -0.2) is 33.5 Å². The molecule has 0 saturated carbocycles. The zero-order valence-electron chi connectivity index (χ0n) is 13.8. The molecular weight excluding hydrogens is 360 g/mol. The van der Waals surface area contributed by atoms with Crippen molar-refractivity contribution < 1.29 is 13.3 Å². The minimum atomic E-state index is -4.02. The maximum absolute atomic E-state index is 12.8. The molecule has 1 N–H and O–H groups in total. The summed E-state index contributed by atoms with van der Waals surface area (Å²) in [5.41, 5.74) is 1.63. The Kier molecular flexibility index (Phi) is 4.38. The maximum Gasteiger partial charge on any atom is 0.270 e. The number of non-ortho nitro benzene ring substituents is 1. The third-order valence-electron chi connectivity index (χ3n) is 3.82. The first-order chi connectivity index (χ1) is 12.3. The Balaban J connectivity index is 2.03. The average molecular weight is 374 g/mol. The highest BCUT2D eigenvalue weighted by Gasteiger charge is 2.22. The number of aryl methyl sites for hydroxylation is 1. The number of hydrogen-bond donors (Lipinski definition) is 1. The monoisotopic (exact) mass is 374 g/mol. The van der Waals surface area contributed by atoms with Gasteiger partial charge in [-0.1, -0.05) is 12.1 Å². The van der Waals surface area contributed by atoms with Crippen LogP contribution < -0.4 is 4.72 Å². The van der Waals surface area contributed by atoms with Gasteiger partial charge in [0.25, 0.3) is 15.7 Å². The molecule has 0 bridgehead atoms. The normalized spacial score (nSPS) is 11.3. The quantitative estimate of drug-likeness (QED) is 0.533. The van der Waals surface area contributed by atoms with E-state index >= 15 is 0 Å². The van der Waals surface area contributed by atoms with Crippen molar-refractivity contribution in [3.05, 3.63) is 64.0 Å². The number of sulfonamides is 1. The van der Waals surface area contributed by atoms with Crippen LogP contribution in [0.1, 0.15) is 11.1 Å². The number of nitro benzene ring substituents is 1. The number of rotatable bonds is 5. The first-order valence-electron chi connectivity index (χ1n) is 7.40. The Morgan fingerprint density at radius 2 is 1.96 bits per heavy atom. The summed E-state index contributed by atoms with van der Waals surface area (Å²) in [6, 6.07) is 8.69. The lowest BCUT2D eigenvalue weighted by Gasteiger charge is -2.14. The molecule has 0 unspecified atom stereocenters. The van der Waals surface area contributed by atoms with Crippen LogP contribution in [0.3, 0.4) is 0 Å². The van der Waals surface area contributed by atoms with Gasteiger partial charge in [0.05, 0.1) is 21.2 Å². The van der Waals surface area contributed by atoms with Gasteiger partial charge < -0.3 is 0 Å². The molecule has 1 heterocycles. The fourth-order valence-electron chi connectivity index (χ4n) is 2.45. The summed E-state index contributed by atoms with van der Waals surface area (Å²) >= 11 is 0.